The third kappa shape index (κ3) is 9.43. The second kappa shape index (κ2) is 18.9. The molecule has 4 aromatic rings. The van der Waals surface area contributed by atoms with Crippen LogP contribution in [-0.2, 0) is 41.3 Å². The van der Waals surface area contributed by atoms with Crippen molar-refractivity contribution < 1.29 is 67.9 Å². The number of esters is 2. The fraction of sp³-hybridized carbons (Fsp3) is 0.577. The van der Waals surface area contributed by atoms with Crippen LogP contribution in [0.2, 0.25) is 0 Å². The van der Waals surface area contributed by atoms with Gasteiger partial charge in [0.15, 0.2) is 11.6 Å². The first-order valence-electron chi connectivity index (χ1n) is 23.7. The van der Waals surface area contributed by atoms with Crippen LogP contribution >= 0.6 is 0 Å². The molecule has 4 aromatic carbocycles. The van der Waals surface area contributed by atoms with Gasteiger partial charge >= 0.3 is 11.9 Å². The number of unbranched alkanes of at least 4 members (excludes halogenated alkanes) is 4. The second-order valence-electron chi connectivity index (χ2n) is 19.5. The second-order valence-corrected chi connectivity index (χ2v) is 19.5. The van der Waals surface area contributed by atoms with E-state index in [2.05, 4.69) is 13.8 Å². The zero-order chi connectivity index (χ0) is 47.2. The van der Waals surface area contributed by atoms with Crippen molar-refractivity contribution in [3.05, 3.63) is 46.5 Å². The number of phenols is 4. The maximum atomic E-state index is 13.8. The minimum absolute atomic E-state index is 0.0264. The van der Waals surface area contributed by atoms with Crippen LogP contribution in [0.4, 0.5) is 0 Å². The first-order chi connectivity index (χ1) is 31.4. The molecule has 0 unspecified atom stereocenters. The zero-order valence-electron chi connectivity index (χ0n) is 39.5. The van der Waals surface area contributed by atoms with E-state index in [1.807, 2.05) is 27.7 Å². The van der Waals surface area contributed by atoms with Crippen LogP contribution in [0.5, 0.6) is 34.5 Å². The van der Waals surface area contributed by atoms with Crippen LogP contribution in [0.15, 0.2) is 24.3 Å². The Balaban J connectivity index is 1.10. The predicted octanol–water partition coefficient (Wildman–Crippen LogP) is 10.4. The van der Waals surface area contributed by atoms with Gasteiger partial charge in [-0.15, -0.1) is 0 Å². The van der Waals surface area contributed by atoms with Gasteiger partial charge in [-0.1, -0.05) is 52.4 Å². The SMILES string of the molecule is CCCCC[C@@H]1C[C@H](C[C@@H]2Cc3cc4cc(OC)c(-c5c(OC)cc6cc7c(c(O)c6c5O)C(=O)O[C@H](C[C@H]5C[C@@H](CCCCC)OC(C)(C)O5)C7)c(O)c4c(O)c3C(=O)O2)OC(C)(C)O1. The normalized spacial score (nSPS) is 24.7. The maximum Gasteiger partial charge on any atom is 0.342 e. The molecule has 2 fully saturated rings. The summed E-state index contributed by atoms with van der Waals surface area (Å²) in [5.74, 6) is -4.91. The van der Waals surface area contributed by atoms with Crippen molar-refractivity contribution in [1.82, 2.24) is 0 Å². The maximum absolute atomic E-state index is 13.8. The van der Waals surface area contributed by atoms with E-state index in [-0.39, 0.29) is 68.9 Å². The van der Waals surface area contributed by atoms with Gasteiger partial charge in [0.05, 0.1) is 60.5 Å². The average Bonchev–Trinajstić information content (AvgIpc) is 3.22. The van der Waals surface area contributed by atoms with Gasteiger partial charge in [-0.2, -0.15) is 0 Å². The number of ether oxygens (including phenoxy) is 8. The highest BCUT2D eigenvalue weighted by molar-refractivity contribution is 6.13. The summed E-state index contributed by atoms with van der Waals surface area (Å²) in [4.78, 5) is 27.5. The van der Waals surface area contributed by atoms with E-state index in [9.17, 15) is 30.0 Å². The summed E-state index contributed by atoms with van der Waals surface area (Å²) in [5.41, 5.74) is 0.742. The van der Waals surface area contributed by atoms with Gasteiger partial charge in [0.2, 0.25) is 0 Å². The van der Waals surface area contributed by atoms with E-state index >= 15 is 0 Å². The molecule has 0 aliphatic carbocycles. The van der Waals surface area contributed by atoms with Gasteiger partial charge in [-0.3, -0.25) is 0 Å². The average molecular weight is 915 g/mol. The Bertz CT molecular complexity index is 2320. The summed E-state index contributed by atoms with van der Waals surface area (Å²) in [5, 5.41) is 48.5. The molecule has 66 heavy (non-hydrogen) atoms. The molecule has 14 nitrogen and oxygen atoms in total. The zero-order valence-corrected chi connectivity index (χ0v) is 39.5. The molecule has 4 heterocycles. The Morgan fingerprint density at radius 3 is 1.26 bits per heavy atom. The lowest BCUT2D eigenvalue weighted by Crippen LogP contribution is -2.46. The van der Waals surface area contributed by atoms with Crippen molar-refractivity contribution >= 4 is 33.5 Å². The predicted molar refractivity (Wildman–Crippen MR) is 247 cm³/mol. The van der Waals surface area contributed by atoms with Gasteiger partial charge in [0, 0.05) is 38.5 Å². The van der Waals surface area contributed by atoms with E-state index < -0.39 is 58.7 Å². The van der Waals surface area contributed by atoms with Gasteiger partial charge in [-0.25, -0.2) is 9.59 Å². The molecule has 358 valence electrons. The fourth-order valence-electron chi connectivity index (χ4n) is 10.9. The molecule has 0 amide bonds. The Kier molecular flexibility index (Phi) is 13.6. The number of aromatic hydroxyl groups is 4. The van der Waals surface area contributed by atoms with Crippen molar-refractivity contribution in [2.45, 2.75) is 180 Å². The number of fused-ring (bicyclic) bond motifs is 4. The van der Waals surface area contributed by atoms with E-state index in [4.69, 9.17) is 37.9 Å². The Labute approximate surface area is 386 Å². The molecule has 4 aliphatic rings. The quantitative estimate of drug-likeness (QED) is 0.0651. The Morgan fingerprint density at radius 1 is 0.530 bits per heavy atom. The smallest absolute Gasteiger partial charge is 0.342 e. The van der Waals surface area contributed by atoms with E-state index in [0.29, 0.717) is 60.4 Å². The number of hydrogen-bond donors (Lipinski definition) is 4. The number of hydrogen-bond acceptors (Lipinski definition) is 14. The highest BCUT2D eigenvalue weighted by Crippen LogP contribution is 2.56. The largest absolute Gasteiger partial charge is 0.506 e. The number of methoxy groups -OCH3 is 2. The van der Waals surface area contributed by atoms with E-state index in [1.54, 1.807) is 24.3 Å². The number of benzene rings is 4. The number of rotatable bonds is 15. The first-order valence-corrected chi connectivity index (χ1v) is 23.7. The van der Waals surface area contributed by atoms with Crippen LogP contribution in [0, 0.1) is 0 Å². The van der Waals surface area contributed by atoms with Crippen LogP contribution in [0.25, 0.3) is 32.7 Å². The molecular formula is C52H66O14. The van der Waals surface area contributed by atoms with Gasteiger partial charge < -0.3 is 58.3 Å². The topological polar surface area (TPSA) is 189 Å². The third-order valence-electron chi connectivity index (χ3n) is 13.5. The highest BCUT2D eigenvalue weighted by Gasteiger charge is 2.42. The molecule has 14 heteroatoms. The minimum Gasteiger partial charge on any atom is -0.506 e. The summed E-state index contributed by atoms with van der Waals surface area (Å²) in [6.45, 7) is 11.9. The summed E-state index contributed by atoms with van der Waals surface area (Å²) in [7, 11) is 2.79. The minimum atomic E-state index is -0.789. The molecular weight excluding hydrogens is 849 g/mol. The lowest BCUT2D eigenvalue weighted by atomic mass is 9.87. The van der Waals surface area contributed by atoms with Crippen molar-refractivity contribution in [3.8, 4) is 45.6 Å². The molecule has 4 N–H and O–H groups in total. The molecule has 4 aliphatic heterocycles. The third-order valence-corrected chi connectivity index (χ3v) is 13.5. The van der Waals surface area contributed by atoms with E-state index in [0.717, 1.165) is 51.4 Å². The Morgan fingerprint density at radius 2 is 0.894 bits per heavy atom. The first kappa shape index (κ1) is 47.5. The van der Waals surface area contributed by atoms with Gasteiger partial charge in [0.1, 0.15) is 57.8 Å². The van der Waals surface area contributed by atoms with E-state index in [1.165, 1.54) is 14.2 Å². The summed E-state index contributed by atoms with van der Waals surface area (Å²) < 4.78 is 48.5. The van der Waals surface area contributed by atoms with Gasteiger partial charge in [-0.05, 0) is 86.7 Å². The summed E-state index contributed by atoms with van der Waals surface area (Å²) in [6.07, 6.45) is 9.79. The lowest BCUT2D eigenvalue weighted by Gasteiger charge is -2.42. The number of phenolic OH excluding ortho intramolecular Hbond substituents is 4. The molecule has 0 saturated carbocycles. The van der Waals surface area contributed by atoms with Crippen LogP contribution in [0.1, 0.15) is 150 Å². The Hall–Kier alpha value is -5.02. The monoisotopic (exact) mass is 914 g/mol. The fourth-order valence-corrected chi connectivity index (χ4v) is 10.9. The van der Waals surface area contributed by atoms with Crippen LogP contribution < -0.4 is 9.47 Å². The lowest BCUT2D eigenvalue weighted by molar-refractivity contribution is -0.304. The van der Waals surface area contributed by atoms with Gasteiger partial charge in [0.25, 0.3) is 0 Å². The van der Waals surface area contributed by atoms with Crippen molar-refractivity contribution in [1.29, 1.82) is 0 Å². The van der Waals surface area contributed by atoms with Crippen molar-refractivity contribution in [2.75, 3.05) is 14.2 Å². The molecule has 6 atom stereocenters. The highest BCUT2D eigenvalue weighted by atomic mass is 16.7. The summed E-state index contributed by atoms with van der Waals surface area (Å²) in [6, 6.07) is 6.63. The van der Waals surface area contributed by atoms with Crippen molar-refractivity contribution in [3.63, 3.8) is 0 Å². The number of cyclic esters (lactones) is 2. The number of carbonyl (C=O) groups excluding carboxylic acids is 2. The molecule has 8 rings (SSSR count). The molecule has 2 saturated heterocycles. The van der Waals surface area contributed by atoms with Crippen LogP contribution in [0.3, 0.4) is 0 Å². The number of carbonyl (C=O) groups is 2. The molecule has 0 spiro atoms. The summed E-state index contributed by atoms with van der Waals surface area (Å²) >= 11 is 0. The standard InChI is InChI=1S/C52H66O14/c1-9-11-13-15-31-23-35(65-51(3,4)63-31)25-33-19-27-17-29-21-37(59-7)43(47(55)39(29)45(53)41(27)49(57)61-33)44-38(60-8)22-30-18-28-20-34(62-50(58)42(28)46(54)40(30)48(44)56)26-36-24-32(16-14-12-10-2)64-52(5,6)66-36/h17-18,21-22,31-36,53-56H,9-16,19-20,23-26H2,1-8H3/t31-,32-,33+,34+,35-,36-/m1/s1. The van der Waals surface area contributed by atoms with Crippen molar-refractivity contribution in [2.24, 2.45) is 0 Å². The molecule has 0 aromatic heterocycles. The molecule has 0 radical (unpaired) electrons. The molecule has 0 bridgehead atoms. The van der Waals surface area contributed by atoms with Crippen LogP contribution in [-0.4, -0.2) is 94.8 Å².